The van der Waals surface area contributed by atoms with Gasteiger partial charge in [-0.25, -0.2) is 19.0 Å². The molecule has 0 aromatic carbocycles. The van der Waals surface area contributed by atoms with Crippen LogP contribution < -0.4 is 22.3 Å². The fraction of sp³-hybridized carbons (Fsp3) is 0.654. The van der Waals surface area contributed by atoms with E-state index in [-0.39, 0.29) is 40.8 Å². The SMILES string of the molecule is NC(=O)N1CCN(CCC(=O)NC2CCC(n3c(=O)c4cc(F)cnc4n(C4CCSCC4)c3=O)CC2)CC1. The van der Waals surface area contributed by atoms with Gasteiger partial charge in [0.2, 0.25) is 5.91 Å². The molecule has 39 heavy (non-hydrogen) atoms. The molecule has 2 aromatic heterocycles. The average Bonchev–Trinajstić information content (AvgIpc) is 2.94. The highest BCUT2D eigenvalue weighted by atomic mass is 32.2. The Bertz CT molecular complexity index is 1330. The molecule has 3 aliphatic rings. The fourth-order valence-electron chi connectivity index (χ4n) is 6.03. The van der Waals surface area contributed by atoms with E-state index in [4.69, 9.17) is 5.73 Å². The second-order valence-electron chi connectivity index (χ2n) is 10.7. The summed E-state index contributed by atoms with van der Waals surface area (Å²) in [5.41, 5.74) is 4.72. The van der Waals surface area contributed by atoms with Gasteiger partial charge in [0.05, 0.1) is 11.6 Å². The minimum Gasteiger partial charge on any atom is -0.353 e. The Morgan fingerprint density at radius 1 is 1.00 bits per heavy atom. The summed E-state index contributed by atoms with van der Waals surface area (Å²) in [6.45, 7) is 3.14. The van der Waals surface area contributed by atoms with Crippen molar-refractivity contribution in [1.29, 1.82) is 0 Å². The van der Waals surface area contributed by atoms with E-state index in [1.54, 1.807) is 9.47 Å². The van der Waals surface area contributed by atoms with Gasteiger partial charge < -0.3 is 16.0 Å². The molecule has 1 saturated carbocycles. The Morgan fingerprint density at radius 2 is 1.67 bits per heavy atom. The Morgan fingerprint density at radius 3 is 2.33 bits per heavy atom. The number of primary amides is 1. The molecule has 0 unspecified atom stereocenters. The Hall–Kier alpha value is -2.93. The van der Waals surface area contributed by atoms with Gasteiger partial charge in [-0.1, -0.05) is 0 Å². The zero-order valence-electron chi connectivity index (χ0n) is 22.0. The van der Waals surface area contributed by atoms with Crippen LogP contribution in [0.5, 0.6) is 0 Å². The fourth-order valence-corrected chi connectivity index (χ4v) is 7.11. The van der Waals surface area contributed by atoms with Gasteiger partial charge in [-0.3, -0.25) is 23.6 Å². The lowest BCUT2D eigenvalue weighted by Gasteiger charge is -2.34. The van der Waals surface area contributed by atoms with E-state index in [0.717, 1.165) is 30.5 Å². The highest BCUT2D eigenvalue weighted by Gasteiger charge is 2.30. The van der Waals surface area contributed by atoms with E-state index in [1.807, 2.05) is 11.8 Å². The molecule has 11 nitrogen and oxygen atoms in total. The number of hydrogen-bond donors (Lipinski definition) is 2. The second kappa shape index (κ2) is 12.1. The van der Waals surface area contributed by atoms with Gasteiger partial charge in [-0.15, -0.1) is 0 Å². The van der Waals surface area contributed by atoms with E-state index < -0.39 is 17.4 Å². The third-order valence-electron chi connectivity index (χ3n) is 8.24. The third kappa shape index (κ3) is 6.13. The minimum absolute atomic E-state index is 0.0201. The summed E-state index contributed by atoms with van der Waals surface area (Å²) >= 11 is 1.84. The molecule has 2 saturated heterocycles. The summed E-state index contributed by atoms with van der Waals surface area (Å²) in [4.78, 5) is 58.9. The summed E-state index contributed by atoms with van der Waals surface area (Å²) in [6, 6.07) is 0.379. The first kappa shape index (κ1) is 27.6. The van der Waals surface area contributed by atoms with Crippen LogP contribution in [-0.4, -0.2) is 86.1 Å². The van der Waals surface area contributed by atoms with Crippen molar-refractivity contribution in [3.8, 4) is 0 Å². The van der Waals surface area contributed by atoms with E-state index in [0.29, 0.717) is 64.8 Å². The molecular formula is C26H36FN7O4S. The lowest BCUT2D eigenvalue weighted by atomic mass is 9.90. The molecule has 2 aliphatic heterocycles. The standard InChI is InChI=1S/C26H36FN7O4S/c27-17-15-21-23(29-16-17)33(20-6-13-39-14-7-20)26(38)34(24(21)36)19-3-1-18(2-4-19)30-22(35)5-8-31-9-11-32(12-10-31)25(28)37/h15-16,18-20H,1-14H2,(H2,28,37)(H,30,35). The maximum Gasteiger partial charge on any atom is 0.333 e. The predicted octanol–water partition coefficient (Wildman–Crippen LogP) is 1.45. The van der Waals surface area contributed by atoms with E-state index in [2.05, 4.69) is 15.2 Å². The average molecular weight is 562 g/mol. The summed E-state index contributed by atoms with van der Waals surface area (Å²) in [5.74, 6) is 1.22. The van der Waals surface area contributed by atoms with E-state index in [9.17, 15) is 23.6 Å². The van der Waals surface area contributed by atoms with Gasteiger partial charge in [0, 0.05) is 57.3 Å². The molecule has 0 bridgehead atoms. The number of fused-ring (bicyclic) bond motifs is 1. The molecule has 212 valence electrons. The summed E-state index contributed by atoms with van der Waals surface area (Å²) in [6.07, 6.45) is 5.48. The first-order valence-electron chi connectivity index (χ1n) is 13.8. The van der Waals surface area contributed by atoms with Crippen LogP contribution in [0.15, 0.2) is 21.9 Å². The van der Waals surface area contributed by atoms with Crippen LogP contribution in [0.2, 0.25) is 0 Å². The van der Waals surface area contributed by atoms with Crippen LogP contribution in [0, 0.1) is 5.82 Å². The third-order valence-corrected chi connectivity index (χ3v) is 9.29. The number of hydrogen-bond acceptors (Lipinski definition) is 7. The number of nitrogens with zero attached hydrogens (tertiary/aromatic N) is 5. The topological polar surface area (TPSA) is 136 Å². The molecule has 0 spiro atoms. The van der Waals surface area contributed by atoms with Crippen LogP contribution >= 0.6 is 11.8 Å². The number of nitrogens with two attached hydrogens (primary N) is 1. The van der Waals surface area contributed by atoms with E-state index >= 15 is 0 Å². The predicted molar refractivity (Wildman–Crippen MR) is 147 cm³/mol. The number of rotatable bonds is 6. The number of pyridine rings is 1. The van der Waals surface area contributed by atoms with Crippen molar-refractivity contribution in [2.24, 2.45) is 5.73 Å². The van der Waals surface area contributed by atoms with Gasteiger partial charge in [-0.2, -0.15) is 11.8 Å². The van der Waals surface area contributed by atoms with Crippen LogP contribution in [0.25, 0.3) is 11.0 Å². The summed E-state index contributed by atoms with van der Waals surface area (Å²) in [5, 5.41) is 3.24. The smallest absolute Gasteiger partial charge is 0.333 e. The highest BCUT2D eigenvalue weighted by Crippen LogP contribution is 2.30. The summed E-state index contributed by atoms with van der Waals surface area (Å²) in [7, 11) is 0. The Kier molecular flexibility index (Phi) is 8.55. The first-order chi connectivity index (χ1) is 18.8. The number of nitrogens with one attached hydrogen (secondary N) is 1. The molecule has 3 amide bonds. The second-order valence-corrected chi connectivity index (χ2v) is 11.9. The number of piperazine rings is 1. The van der Waals surface area contributed by atoms with Gasteiger partial charge in [0.1, 0.15) is 11.5 Å². The van der Waals surface area contributed by atoms with Crippen LogP contribution in [0.3, 0.4) is 0 Å². The quantitative estimate of drug-likeness (QED) is 0.545. The normalized spacial score (nSPS) is 23.2. The molecule has 5 rings (SSSR count). The highest BCUT2D eigenvalue weighted by molar-refractivity contribution is 7.99. The Labute approximate surface area is 229 Å². The van der Waals surface area contributed by atoms with Crippen molar-refractivity contribution in [2.75, 3.05) is 44.2 Å². The first-order valence-corrected chi connectivity index (χ1v) is 14.9. The molecule has 3 N–H and O–H groups in total. The molecule has 0 radical (unpaired) electrons. The van der Waals surface area contributed by atoms with E-state index in [1.165, 1.54) is 10.6 Å². The molecule has 2 aromatic rings. The lowest BCUT2D eigenvalue weighted by Crippen LogP contribution is -2.51. The van der Waals surface area contributed by atoms with Crippen molar-refractivity contribution in [3.63, 3.8) is 0 Å². The monoisotopic (exact) mass is 561 g/mol. The van der Waals surface area contributed by atoms with Crippen LogP contribution in [0.4, 0.5) is 9.18 Å². The van der Waals surface area contributed by atoms with Gasteiger partial charge in [0.15, 0.2) is 0 Å². The molecule has 4 heterocycles. The number of amides is 3. The van der Waals surface area contributed by atoms with Crippen molar-refractivity contribution < 1.29 is 14.0 Å². The van der Waals surface area contributed by atoms with Gasteiger partial charge in [-0.05, 0) is 56.1 Å². The largest absolute Gasteiger partial charge is 0.353 e. The number of carbonyl (C=O) groups excluding carboxylic acids is 2. The zero-order chi connectivity index (χ0) is 27.5. The van der Waals surface area contributed by atoms with Crippen molar-refractivity contribution in [1.82, 2.24) is 29.2 Å². The van der Waals surface area contributed by atoms with Crippen molar-refractivity contribution in [2.45, 2.75) is 63.1 Å². The summed E-state index contributed by atoms with van der Waals surface area (Å²) < 4.78 is 17.0. The zero-order valence-corrected chi connectivity index (χ0v) is 22.8. The number of halogens is 1. The molecule has 13 heteroatoms. The number of thioether (sulfide) groups is 1. The number of carbonyl (C=O) groups is 2. The minimum atomic E-state index is -0.600. The van der Waals surface area contributed by atoms with Gasteiger partial charge >= 0.3 is 11.7 Å². The van der Waals surface area contributed by atoms with Crippen LogP contribution in [0.1, 0.15) is 57.0 Å². The maximum atomic E-state index is 14.1. The Balaban J connectivity index is 1.23. The van der Waals surface area contributed by atoms with Gasteiger partial charge in [0.25, 0.3) is 5.56 Å². The molecular weight excluding hydrogens is 525 g/mol. The van der Waals surface area contributed by atoms with Crippen molar-refractivity contribution in [3.05, 3.63) is 38.9 Å². The number of aromatic nitrogens is 3. The van der Waals surface area contributed by atoms with Crippen LogP contribution in [-0.2, 0) is 4.79 Å². The molecule has 0 atom stereocenters. The molecule has 3 fully saturated rings. The lowest BCUT2D eigenvalue weighted by molar-refractivity contribution is -0.122. The maximum absolute atomic E-state index is 14.1. The molecule has 1 aliphatic carbocycles. The number of urea groups is 1. The van der Waals surface area contributed by atoms with Crippen molar-refractivity contribution >= 4 is 34.7 Å².